The number of imidazole rings is 1. The highest BCUT2D eigenvalue weighted by Crippen LogP contribution is 2.22. The van der Waals surface area contributed by atoms with Crippen molar-refractivity contribution >= 4 is 21.8 Å². The summed E-state index contributed by atoms with van der Waals surface area (Å²) in [7, 11) is 1.94. The molecule has 1 aromatic carbocycles. The number of aromatic nitrogens is 3. The molecule has 1 amide bonds. The topological polar surface area (TPSA) is 59.8 Å². The van der Waals surface area contributed by atoms with Crippen molar-refractivity contribution in [2.45, 2.75) is 13.3 Å². The predicted octanol–water partition coefficient (Wildman–Crippen LogP) is 3.53. The lowest BCUT2D eigenvalue weighted by Crippen LogP contribution is -2.27. The second-order valence-corrected chi connectivity index (χ2v) is 6.72. The monoisotopic (exact) mass is 398 g/mol. The van der Waals surface area contributed by atoms with Crippen LogP contribution in [0.1, 0.15) is 21.9 Å². The molecule has 0 saturated carbocycles. The summed E-state index contributed by atoms with van der Waals surface area (Å²) in [4.78, 5) is 21.2. The third-order valence-corrected chi connectivity index (χ3v) is 4.50. The average molecular weight is 399 g/mol. The highest BCUT2D eigenvalue weighted by atomic mass is 79.9. The zero-order chi connectivity index (χ0) is 17.8. The lowest BCUT2D eigenvalue weighted by Gasteiger charge is -2.09. The van der Waals surface area contributed by atoms with Gasteiger partial charge in [-0.05, 0) is 31.2 Å². The van der Waals surface area contributed by atoms with Crippen molar-refractivity contribution in [3.8, 4) is 11.3 Å². The van der Waals surface area contributed by atoms with Crippen molar-refractivity contribution in [2.24, 2.45) is 7.05 Å². The Morgan fingerprint density at radius 3 is 2.80 bits per heavy atom. The molecule has 0 aliphatic heterocycles. The molecule has 3 aromatic rings. The molecule has 0 unspecified atom stereocenters. The molecule has 1 N–H and O–H groups in total. The molecule has 0 fully saturated rings. The Labute approximate surface area is 155 Å². The van der Waals surface area contributed by atoms with E-state index in [0.29, 0.717) is 24.2 Å². The van der Waals surface area contributed by atoms with Crippen LogP contribution in [0.4, 0.5) is 0 Å². The molecule has 0 saturated heterocycles. The van der Waals surface area contributed by atoms with Crippen LogP contribution in [-0.2, 0) is 13.5 Å². The minimum absolute atomic E-state index is 0.111. The Kier molecular flexibility index (Phi) is 5.28. The van der Waals surface area contributed by atoms with Crippen LogP contribution >= 0.6 is 15.9 Å². The highest BCUT2D eigenvalue weighted by Gasteiger charge is 2.11. The first-order valence-electron chi connectivity index (χ1n) is 8.02. The second kappa shape index (κ2) is 7.61. The Morgan fingerprint density at radius 1 is 1.28 bits per heavy atom. The van der Waals surface area contributed by atoms with Gasteiger partial charge in [0.1, 0.15) is 5.82 Å². The molecular weight excluding hydrogens is 380 g/mol. The van der Waals surface area contributed by atoms with Crippen LogP contribution in [0.15, 0.2) is 53.3 Å². The fourth-order valence-electron chi connectivity index (χ4n) is 2.63. The molecule has 0 atom stereocenters. The predicted molar refractivity (Wildman–Crippen MR) is 101 cm³/mol. The zero-order valence-electron chi connectivity index (χ0n) is 14.2. The summed E-state index contributed by atoms with van der Waals surface area (Å²) in [5, 5.41) is 2.93. The zero-order valence-corrected chi connectivity index (χ0v) is 15.7. The molecule has 3 rings (SSSR count). The van der Waals surface area contributed by atoms with Crippen molar-refractivity contribution in [1.29, 1.82) is 0 Å². The van der Waals surface area contributed by atoms with E-state index in [-0.39, 0.29) is 5.91 Å². The SMILES string of the molecule is Cc1nc(-c2cccc(Br)c2)ccc1C(=O)NCCc1nccn1C. The highest BCUT2D eigenvalue weighted by molar-refractivity contribution is 9.10. The van der Waals surface area contributed by atoms with E-state index in [1.165, 1.54) is 0 Å². The number of rotatable bonds is 5. The summed E-state index contributed by atoms with van der Waals surface area (Å²) in [5.41, 5.74) is 3.17. The van der Waals surface area contributed by atoms with Crippen molar-refractivity contribution in [1.82, 2.24) is 19.9 Å². The van der Waals surface area contributed by atoms with Crippen LogP contribution in [-0.4, -0.2) is 27.0 Å². The van der Waals surface area contributed by atoms with Gasteiger partial charge in [-0.1, -0.05) is 28.1 Å². The van der Waals surface area contributed by atoms with Crippen molar-refractivity contribution < 1.29 is 4.79 Å². The molecular formula is C19H19BrN4O. The quantitative estimate of drug-likeness (QED) is 0.714. The Balaban J connectivity index is 1.68. The molecule has 2 heterocycles. The Morgan fingerprint density at radius 2 is 2.12 bits per heavy atom. The first-order chi connectivity index (χ1) is 12.0. The number of benzene rings is 1. The van der Waals surface area contributed by atoms with Gasteiger partial charge >= 0.3 is 0 Å². The third-order valence-electron chi connectivity index (χ3n) is 4.01. The fraction of sp³-hybridized carbons (Fsp3) is 0.211. The van der Waals surface area contributed by atoms with Gasteiger partial charge in [-0.15, -0.1) is 0 Å². The van der Waals surface area contributed by atoms with E-state index in [1.807, 2.05) is 61.1 Å². The van der Waals surface area contributed by atoms with Crippen molar-refractivity contribution in [3.63, 3.8) is 0 Å². The van der Waals surface area contributed by atoms with Crippen LogP contribution in [0, 0.1) is 6.92 Å². The molecule has 0 radical (unpaired) electrons. The lowest BCUT2D eigenvalue weighted by molar-refractivity contribution is 0.0953. The first-order valence-corrected chi connectivity index (χ1v) is 8.82. The van der Waals surface area contributed by atoms with Gasteiger partial charge in [0.05, 0.1) is 17.0 Å². The van der Waals surface area contributed by atoms with Gasteiger partial charge < -0.3 is 9.88 Å². The van der Waals surface area contributed by atoms with E-state index < -0.39 is 0 Å². The summed E-state index contributed by atoms with van der Waals surface area (Å²) in [6.45, 7) is 2.39. The number of pyridine rings is 1. The maximum atomic E-state index is 12.4. The van der Waals surface area contributed by atoms with Crippen molar-refractivity contribution in [3.05, 3.63) is 70.3 Å². The van der Waals surface area contributed by atoms with Gasteiger partial charge in [-0.25, -0.2) is 4.98 Å². The summed E-state index contributed by atoms with van der Waals surface area (Å²) < 4.78 is 2.95. The smallest absolute Gasteiger partial charge is 0.253 e. The lowest BCUT2D eigenvalue weighted by atomic mass is 10.1. The van der Waals surface area contributed by atoms with E-state index in [4.69, 9.17) is 0 Å². The summed E-state index contributed by atoms with van der Waals surface area (Å²) >= 11 is 3.47. The van der Waals surface area contributed by atoms with E-state index in [1.54, 1.807) is 6.20 Å². The molecule has 128 valence electrons. The summed E-state index contributed by atoms with van der Waals surface area (Å²) in [6.07, 6.45) is 4.34. The number of hydrogen-bond donors (Lipinski definition) is 1. The van der Waals surface area contributed by atoms with Gasteiger partial charge in [-0.2, -0.15) is 0 Å². The first kappa shape index (κ1) is 17.4. The number of nitrogens with one attached hydrogen (secondary N) is 1. The number of nitrogens with zero attached hydrogens (tertiary/aromatic N) is 3. The molecule has 6 heteroatoms. The summed E-state index contributed by atoms with van der Waals surface area (Å²) in [5.74, 6) is 0.833. The van der Waals surface area contributed by atoms with Crippen LogP contribution < -0.4 is 5.32 Å². The van der Waals surface area contributed by atoms with Gasteiger partial charge in [0.2, 0.25) is 0 Å². The molecule has 25 heavy (non-hydrogen) atoms. The van der Waals surface area contributed by atoms with Crippen LogP contribution in [0.2, 0.25) is 0 Å². The van der Waals surface area contributed by atoms with Gasteiger partial charge in [0.15, 0.2) is 0 Å². The minimum Gasteiger partial charge on any atom is -0.352 e. The number of carbonyl (C=O) groups is 1. The molecule has 0 aliphatic carbocycles. The second-order valence-electron chi connectivity index (χ2n) is 5.80. The fourth-order valence-corrected chi connectivity index (χ4v) is 3.03. The Hall–Kier alpha value is -2.47. The average Bonchev–Trinajstić information content (AvgIpc) is 3.00. The minimum atomic E-state index is -0.111. The van der Waals surface area contributed by atoms with Crippen LogP contribution in [0.25, 0.3) is 11.3 Å². The van der Waals surface area contributed by atoms with E-state index >= 15 is 0 Å². The van der Waals surface area contributed by atoms with E-state index in [9.17, 15) is 4.79 Å². The van der Waals surface area contributed by atoms with E-state index in [0.717, 1.165) is 21.6 Å². The third kappa shape index (κ3) is 4.14. The maximum Gasteiger partial charge on any atom is 0.253 e. The molecule has 2 aromatic heterocycles. The molecule has 5 nitrogen and oxygen atoms in total. The standard InChI is InChI=1S/C19H19BrN4O/c1-13-16(19(25)22-9-8-18-21-10-11-24(18)2)6-7-17(23-13)14-4-3-5-15(20)12-14/h3-7,10-12H,8-9H2,1-2H3,(H,22,25). The Bertz CT molecular complexity index is 904. The van der Waals surface area contributed by atoms with Gasteiger partial charge in [0, 0.05) is 42.4 Å². The van der Waals surface area contributed by atoms with Crippen LogP contribution in [0.3, 0.4) is 0 Å². The van der Waals surface area contributed by atoms with E-state index in [2.05, 4.69) is 31.2 Å². The largest absolute Gasteiger partial charge is 0.352 e. The number of aryl methyl sites for hydroxylation is 2. The van der Waals surface area contributed by atoms with Crippen molar-refractivity contribution in [2.75, 3.05) is 6.54 Å². The maximum absolute atomic E-state index is 12.4. The van der Waals surface area contributed by atoms with Gasteiger partial charge in [-0.3, -0.25) is 9.78 Å². The van der Waals surface area contributed by atoms with Crippen LogP contribution in [0.5, 0.6) is 0 Å². The number of hydrogen-bond acceptors (Lipinski definition) is 3. The summed E-state index contributed by atoms with van der Waals surface area (Å²) in [6, 6.07) is 11.7. The number of carbonyl (C=O) groups excluding carboxylic acids is 1. The number of amides is 1. The van der Waals surface area contributed by atoms with Gasteiger partial charge in [0.25, 0.3) is 5.91 Å². The molecule has 0 spiro atoms. The molecule has 0 aliphatic rings. The normalized spacial score (nSPS) is 10.7. The number of halogens is 1. The molecule has 0 bridgehead atoms.